The zero-order valence-electron chi connectivity index (χ0n) is 8.41. The van der Waals surface area contributed by atoms with Crippen LogP contribution in [0.3, 0.4) is 0 Å². The first kappa shape index (κ1) is 14.6. The Labute approximate surface area is 94.7 Å². The van der Waals surface area contributed by atoms with Crippen LogP contribution in [-0.2, 0) is 19.1 Å². The molecule has 0 unspecified atom stereocenters. The van der Waals surface area contributed by atoms with Gasteiger partial charge in [-0.2, -0.15) is 8.42 Å². The van der Waals surface area contributed by atoms with Gasteiger partial charge in [-0.3, -0.25) is 13.9 Å². The second-order valence-electron chi connectivity index (χ2n) is 3.45. The minimum absolute atomic E-state index is 0. The molecule has 1 aliphatic rings. The van der Waals surface area contributed by atoms with Gasteiger partial charge in [0.25, 0.3) is 10.1 Å². The SMILES string of the molecule is CN1C[C@@H](OS(C)(=O)=O)C[C@H]1C(=O)O.Cl. The maximum absolute atomic E-state index is 10.8. The number of carboxylic acid groups (broad SMARTS) is 1. The summed E-state index contributed by atoms with van der Waals surface area (Å²) >= 11 is 0. The number of likely N-dealkylation sites (N-methyl/N-ethyl adjacent to an activating group) is 1. The lowest BCUT2D eigenvalue weighted by Crippen LogP contribution is -2.32. The molecule has 1 N–H and O–H groups in total. The van der Waals surface area contributed by atoms with Gasteiger partial charge in [-0.15, -0.1) is 12.4 Å². The molecule has 0 aromatic carbocycles. The molecule has 1 saturated heterocycles. The number of likely N-dealkylation sites (tertiary alicyclic amines) is 1. The third-order valence-electron chi connectivity index (χ3n) is 2.11. The molecular weight excluding hydrogens is 246 g/mol. The van der Waals surface area contributed by atoms with E-state index in [1.165, 1.54) is 0 Å². The number of halogens is 1. The molecule has 6 nitrogen and oxygen atoms in total. The van der Waals surface area contributed by atoms with Gasteiger partial charge in [0.1, 0.15) is 6.04 Å². The maximum Gasteiger partial charge on any atom is 0.321 e. The van der Waals surface area contributed by atoms with Crippen molar-refractivity contribution in [2.45, 2.75) is 18.6 Å². The van der Waals surface area contributed by atoms with E-state index < -0.39 is 28.2 Å². The fourth-order valence-electron chi connectivity index (χ4n) is 1.56. The zero-order chi connectivity index (χ0) is 10.9. The van der Waals surface area contributed by atoms with Crippen molar-refractivity contribution < 1.29 is 22.5 Å². The minimum atomic E-state index is -3.50. The Morgan fingerprint density at radius 3 is 2.40 bits per heavy atom. The Hall–Kier alpha value is -0.370. The van der Waals surface area contributed by atoms with Crippen LogP contribution in [-0.4, -0.2) is 56.4 Å². The number of carboxylic acids is 1. The highest BCUT2D eigenvalue weighted by molar-refractivity contribution is 7.86. The molecule has 15 heavy (non-hydrogen) atoms. The quantitative estimate of drug-likeness (QED) is 0.691. The first-order valence-electron chi connectivity index (χ1n) is 4.11. The Bertz CT molecular complexity index is 330. The maximum atomic E-state index is 10.8. The molecule has 0 bridgehead atoms. The lowest BCUT2D eigenvalue weighted by atomic mass is 10.2. The van der Waals surface area contributed by atoms with Crippen molar-refractivity contribution >= 4 is 28.5 Å². The molecule has 1 aliphatic heterocycles. The van der Waals surface area contributed by atoms with E-state index >= 15 is 0 Å². The highest BCUT2D eigenvalue weighted by atomic mass is 35.5. The number of aliphatic carboxylic acids is 1. The van der Waals surface area contributed by atoms with Crippen LogP contribution in [0.4, 0.5) is 0 Å². The van der Waals surface area contributed by atoms with E-state index in [0.717, 1.165) is 6.26 Å². The monoisotopic (exact) mass is 259 g/mol. The molecule has 0 aromatic heterocycles. The number of nitrogens with zero attached hydrogens (tertiary/aromatic N) is 1. The average Bonchev–Trinajstić information content (AvgIpc) is 2.26. The first-order valence-corrected chi connectivity index (χ1v) is 5.92. The Morgan fingerprint density at radius 2 is 2.07 bits per heavy atom. The van der Waals surface area contributed by atoms with Gasteiger partial charge in [-0.05, 0) is 7.05 Å². The summed E-state index contributed by atoms with van der Waals surface area (Å²) in [5.41, 5.74) is 0. The van der Waals surface area contributed by atoms with Crippen molar-refractivity contribution in [1.82, 2.24) is 4.90 Å². The smallest absolute Gasteiger partial charge is 0.321 e. The van der Waals surface area contributed by atoms with Crippen molar-refractivity contribution in [2.24, 2.45) is 0 Å². The number of rotatable bonds is 3. The fraction of sp³-hybridized carbons (Fsp3) is 0.857. The summed E-state index contributed by atoms with van der Waals surface area (Å²) in [4.78, 5) is 12.2. The molecule has 0 aliphatic carbocycles. The lowest BCUT2D eigenvalue weighted by molar-refractivity contribution is -0.141. The summed E-state index contributed by atoms with van der Waals surface area (Å²) in [7, 11) is -1.87. The third kappa shape index (κ3) is 4.33. The molecule has 8 heteroatoms. The van der Waals surface area contributed by atoms with Gasteiger partial charge in [-0.25, -0.2) is 0 Å². The first-order chi connectivity index (χ1) is 6.29. The van der Waals surface area contributed by atoms with E-state index in [-0.39, 0.29) is 18.8 Å². The number of hydrogen-bond donors (Lipinski definition) is 1. The summed E-state index contributed by atoms with van der Waals surface area (Å²) in [6.45, 7) is 0.323. The Balaban J connectivity index is 0.00000196. The second-order valence-corrected chi connectivity index (χ2v) is 5.05. The van der Waals surface area contributed by atoms with Crippen LogP contribution in [0.15, 0.2) is 0 Å². The highest BCUT2D eigenvalue weighted by Crippen LogP contribution is 2.19. The van der Waals surface area contributed by atoms with Crippen molar-refractivity contribution in [3.8, 4) is 0 Å². The zero-order valence-corrected chi connectivity index (χ0v) is 10.0. The van der Waals surface area contributed by atoms with Crippen molar-refractivity contribution in [3.05, 3.63) is 0 Å². The summed E-state index contributed by atoms with van der Waals surface area (Å²) in [5.74, 6) is -0.952. The van der Waals surface area contributed by atoms with Crippen LogP contribution in [0.5, 0.6) is 0 Å². The molecule has 1 rings (SSSR count). The molecule has 0 saturated carbocycles. The Kier molecular flexibility index (Phi) is 4.98. The van der Waals surface area contributed by atoms with Crippen molar-refractivity contribution in [2.75, 3.05) is 19.8 Å². The van der Waals surface area contributed by atoms with Crippen LogP contribution in [0, 0.1) is 0 Å². The third-order valence-corrected chi connectivity index (χ3v) is 2.73. The lowest BCUT2D eigenvalue weighted by Gasteiger charge is -2.12. The van der Waals surface area contributed by atoms with Crippen LogP contribution in [0.2, 0.25) is 0 Å². The minimum Gasteiger partial charge on any atom is -0.480 e. The van der Waals surface area contributed by atoms with Gasteiger partial charge in [0.2, 0.25) is 0 Å². The number of hydrogen-bond acceptors (Lipinski definition) is 5. The van der Waals surface area contributed by atoms with Gasteiger partial charge < -0.3 is 5.11 Å². The van der Waals surface area contributed by atoms with E-state index in [0.29, 0.717) is 6.54 Å². The van der Waals surface area contributed by atoms with Crippen LogP contribution >= 0.6 is 12.4 Å². The summed E-state index contributed by atoms with van der Waals surface area (Å²) in [6.07, 6.45) is 0.621. The molecular formula is C7H14ClNO5S. The summed E-state index contributed by atoms with van der Waals surface area (Å²) in [5, 5.41) is 8.75. The van der Waals surface area contributed by atoms with Gasteiger partial charge in [0, 0.05) is 13.0 Å². The van der Waals surface area contributed by atoms with E-state index in [9.17, 15) is 13.2 Å². The molecule has 2 atom stereocenters. The fourth-order valence-corrected chi connectivity index (χ4v) is 2.19. The van der Waals surface area contributed by atoms with Crippen molar-refractivity contribution in [3.63, 3.8) is 0 Å². The predicted octanol–water partition coefficient (Wildman–Crippen LogP) is -0.458. The second kappa shape index (κ2) is 5.11. The van der Waals surface area contributed by atoms with Crippen LogP contribution < -0.4 is 0 Å². The average molecular weight is 260 g/mol. The topological polar surface area (TPSA) is 83.9 Å². The normalized spacial score (nSPS) is 27.3. The molecule has 1 heterocycles. The van der Waals surface area contributed by atoms with E-state index in [2.05, 4.69) is 0 Å². The molecule has 0 aromatic rings. The standard InChI is InChI=1S/C7H13NO5S.ClH/c1-8-4-5(13-14(2,11)12)3-6(8)7(9)10;/h5-6H,3-4H2,1-2H3,(H,9,10);1H/t5-,6-;/m0./s1. The predicted molar refractivity (Wildman–Crippen MR) is 55.6 cm³/mol. The molecule has 0 radical (unpaired) electrons. The van der Waals surface area contributed by atoms with Crippen LogP contribution in [0.1, 0.15) is 6.42 Å². The molecule has 0 spiro atoms. The largest absolute Gasteiger partial charge is 0.480 e. The molecule has 0 amide bonds. The van der Waals surface area contributed by atoms with E-state index in [1.807, 2.05) is 0 Å². The van der Waals surface area contributed by atoms with Gasteiger partial charge in [-0.1, -0.05) is 0 Å². The van der Waals surface area contributed by atoms with E-state index in [4.69, 9.17) is 9.29 Å². The van der Waals surface area contributed by atoms with Gasteiger partial charge in [0.15, 0.2) is 0 Å². The summed E-state index contributed by atoms with van der Waals surface area (Å²) in [6, 6.07) is -0.651. The van der Waals surface area contributed by atoms with Gasteiger partial charge >= 0.3 is 5.97 Å². The number of carbonyl (C=O) groups is 1. The highest BCUT2D eigenvalue weighted by Gasteiger charge is 2.36. The van der Waals surface area contributed by atoms with Gasteiger partial charge in [0.05, 0.1) is 12.4 Å². The van der Waals surface area contributed by atoms with E-state index in [1.54, 1.807) is 11.9 Å². The summed E-state index contributed by atoms with van der Waals surface area (Å²) < 4.78 is 26.3. The molecule has 90 valence electrons. The van der Waals surface area contributed by atoms with Crippen LogP contribution in [0.25, 0.3) is 0 Å². The Morgan fingerprint density at radius 1 is 1.53 bits per heavy atom. The molecule has 1 fully saturated rings. The van der Waals surface area contributed by atoms with Crippen molar-refractivity contribution in [1.29, 1.82) is 0 Å².